The zero-order valence-electron chi connectivity index (χ0n) is 12.0. The molecular weight excluding hydrogens is 272 g/mol. The van der Waals surface area contributed by atoms with Gasteiger partial charge in [-0.15, -0.1) is 0 Å². The summed E-state index contributed by atoms with van der Waals surface area (Å²) in [4.78, 5) is 12.5. The maximum absolute atomic E-state index is 12.5. The first kappa shape index (κ1) is 13.5. The van der Waals surface area contributed by atoms with E-state index in [0.717, 1.165) is 29.1 Å². The lowest BCUT2D eigenvalue weighted by Crippen LogP contribution is -2.33. The van der Waals surface area contributed by atoms with Crippen molar-refractivity contribution in [1.82, 2.24) is 0 Å². The minimum Gasteiger partial charge on any atom is -0.377 e. The van der Waals surface area contributed by atoms with Gasteiger partial charge in [0.05, 0.1) is 17.4 Å². The topological polar surface area (TPSA) is 41.1 Å². The summed E-state index contributed by atoms with van der Waals surface area (Å²) in [5.41, 5.74) is 3.88. The van der Waals surface area contributed by atoms with Crippen molar-refractivity contribution < 1.29 is 4.79 Å². The first-order valence-electron chi connectivity index (χ1n) is 6.95. The van der Waals surface area contributed by atoms with Gasteiger partial charge in [0, 0.05) is 22.7 Å². The number of ketones is 1. The number of hydrogen-bond acceptors (Lipinski definition) is 3. The number of carbonyl (C=O) groups excluding carboxylic acids is 1. The minimum absolute atomic E-state index is 0.000756. The molecule has 0 fully saturated rings. The molecule has 0 radical (unpaired) electrons. The number of nitrogens with one attached hydrogen (secondary N) is 2. The van der Waals surface area contributed by atoms with Crippen LogP contribution in [0.5, 0.6) is 0 Å². The molecular formula is C16H19ClN2O. The number of fused-ring (bicyclic) bond motifs is 1. The van der Waals surface area contributed by atoms with E-state index in [9.17, 15) is 4.79 Å². The number of rotatable bonds is 0. The molecule has 1 heterocycles. The maximum Gasteiger partial charge on any atom is 0.163 e. The Bertz CT molecular complexity index is 619. The molecule has 2 aliphatic rings. The van der Waals surface area contributed by atoms with Crippen molar-refractivity contribution in [2.75, 3.05) is 10.6 Å². The van der Waals surface area contributed by atoms with E-state index in [-0.39, 0.29) is 17.2 Å². The smallest absolute Gasteiger partial charge is 0.163 e. The Morgan fingerprint density at radius 3 is 2.75 bits per heavy atom. The van der Waals surface area contributed by atoms with Crippen LogP contribution in [0, 0.1) is 5.41 Å². The van der Waals surface area contributed by atoms with Crippen LogP contribution in [0.3, 0.4) is 0 Å². The number of benzene rings is 1. The first-order valence-corrected chi connectivity index (χ1v) is 7.33. The average Bonchev–Trinajstić information content (AvgIpc) is 2.42. The zero-order valence-corrected chi connectivity index (χ0v) is 12.8. The molecule has 0 spiro atoms. The highest BCUT2D eigenvalue weighted by Gasteiger charge is 2.36. The predicted octanol–water partition coefficient (Wildman–Crippen LogP) is 4.21. The van der Waals surface area contributed by atoms with Gasteiger partial charge in [0.15, 0.2) is 5.78 Å². The van der Waals surface area contributed by atoms with Crippen molar-refractivity contribution in [2.45, 2.75) is 39.7 Å². The number of allylic oxidation sites excluding steroid dienone is 1. The fourth-order valence-corrected chi connectivity index (χ4v) is 3.33. The number of carbonyl (C=O) groups is 1. The van der Waals surface area contributed by atoms with Crippen LogP contribution in [0.25, 0.3) is 0 Å². The molecule has 20 heavy (non-hydrogen) atoms. The quantitative estimate of drug-likeness (QED) is 0.752. The molecule has 0 saturated carbocycles. The van der Waals surface area contributed by atoms with Gasteiger partial charge >= 0.3 is 0 Å². The molecule has 0 aromatic heterocycles. The summed E-state index contributed by atoms with van der Waals surface area (Å²) >= 11 is 6.06. The molecule has 0 unspecified atom stereocenters. The van der Waals surface area contributed by atoms with Crippen LogP contribution in [-0.4, -0.2) is 11.8 Å². The van der Waals surface area contributed by atoms with Crippen molar-refractivity contribution in [2.24, 2.45) is 5.41 Å². The van der Waals surface area contributed by atoms with Crippen molar-refractivity contribution in [1.29, 1.82) is 0 Å². The van der Waals surface area contributed by atoms with Crippen LogP contribution in [0.4, 0.5) is 11.4 Å². The van der Waals surface area contributed by atoms with Crippen LogP contribution < -0.4 is 10.6 Å². The third kappa shape index (κ3) is 2.31. The maximum atomic E-state index is 12.5. The second kappa shape index (κ2) is 4.52. The molecule has 0 saturated heterocycles. The first-order chi connectivity index (χ1) is 9.35. The summed E-state index contributed by atoms with van der Waals surface area (Å²) in [7, 11) is 0. The molecule has 3 rings (SSSR count). The van der Waals surface area contributed by atoms with Crippen molar-refractivity contribution >= 4 is 28.8 Å². The molecule has 0 amide bonds. The van der Waals surface area contributed by atoms with Crippen LogP contribution >= 0.6 is 11.6 Å². The molecule has 1 aliphatic carbocycles. The highest BCUT2D eigenvalue weighted by Crippen LogP contribution is 2.41. The second-order valence-electron chi connectivity index (χ2n) is 6.51. The largest absolute Gasteiger partial charge is 0.377 e. The van der Waals surface area contributed by atoms with E-state index in [2.05, 4.69) is 24.5 Å². The Balaban J connectivity index is 2.07. The lowest BCUT2D eigenvalue weighted by atomic mass is 9.74. The van der Waals surface area contributed by atoms with E-state index in [0.29, 0.717) is 11.4 Å². The minimum atomic E-state index is 0.000756. The van der Waals surface area contributed by atoms with Gasteiger partial charge in [-0.05, 0) is 37.0 Å². The third-order valence-electron chi connectivity index (χ3n) is 3.99. The highest BCUT2D eigenvalue weighted by molar-refractivity contribution is 6.31. The number of Topliss-reactive ketones (excluding diaryl/α,β-unsaturated/α-hetero) is 1. The highest BCUT2D eigenvalue weighted by atomic mass is 35.5. The van der Waals surface area contributed by atoms with E-state index in [1.165, 1.54) is 0 Å². The molecule has 3 nitrogen and oxygen atoms in total. The van der Waals surface area contributed by atoms with Gasteiger partial charge in [0.25, 0.3) is 0 Å². The molecule has 1 aromatic carbocycles. The summed E-state index contributed by atoms with van der Waals surface area (Å²) in [6.45, 7) is 6.31. The number of anilines is 2. The summed E-state index contributed by atoms with van der Waals surface area (Å²) in [6, 6.07) is 5.72. The number of hydrogen-bond donors (Lipinski definition) is 2. The van der Waals surface area contributed by atoms with Crippen LogP contribution in [0.1, 0.15) is 33.6 Å². The van der Waals surface area contributed by atoms with Gasteiger partial charge in [-0.25, -0.2) is 0 Å². The van der Waals surface area contributed by atoms with Gasteiger partial charge < -0.3 is 10.6 Å². The monoisotopic (exact) mass is 290 g/mol. The van der Waals surface area contributed by atoms with Gasteiger partial charge in [-0.3, -0.25) is 4.79 Å². The fraction of sp³-hybridized carbons (Fsp3) is 0.438. The van der Waals surface area contributed by atoms with Crippen LogP contribution in [0.2, 0.25) is 5.02 Å². The summed E-state index contributed by atoms with van der Waals surface area (Å²) in [5, 5.41) is 7.53. The Kier molecular flexibility index (Phi) is 3.05. The second-order valence-corrected chi connectivity index (χ2v) is 6.95. The normalized spacial score (nSPS) is 24.2. The Hall–Kier alpha value is -1.48. The van der Waals surface area contributed by atoms with Gasteiger partial charge in [0.1, 0.15) is 0 Å². The third-order valence-corrected chi connectivity index (χ3v) is 4.23. The number of halogens is 1. The van der Waals surface area contributed by atoms with E-state index < -0.39 is 0 Å². The van der Waals surface area contributed by atoms with Crippen molar-refractivity contribution in [3.8, 4) is 0 Å². The SMILES string of the molecule is C[C@@H]1Nc2cc(Cl)ccc2NC2=C1C(=O)CC(C)(C)C2. The lowest BCUT2D eigenvalue weighted by Gasteiger charge is -2.33. The van der Waals surface area contributed by atoms with Crippen LogP contribution in [0.15, 0.2) is 29.5 Å². The molecule has 1 aliphatic heterocycles. The van der Waals surface area contributed by atoms with Gasteiger partial charge in [-0.1, -0.05) is 25.4 Å². The molecule has 4 heteroatoms. The zero-order chi connectivity index (χ0) is 14.5. The van der Waals surface area contributed by atoms with Gasteiger partial charge in [0.2, 0.25) is 0 Å². The summed E-state index contributed by atoms with van der Waals surface area (Å²) in [6.07, 6.45) is 1.50. The standard InChI is InChI=1S/C16H19ClN2O/c1-9-15-13(7-16(2,3)8-14(15)20)19-11-5-4-10(17)6-12(11)18-9/h4-6,9,18-19H,7-8H2,1-3H3/t9-/m0/s1. The van der Waals surface area contributed by atoms with Crippen molar-refractivity contribution in [3.05, 3.63) is 34.5 Å². The fourth-order valence-electron chi connectivity index (χ4n) is 3.16. The summed E-state index contributed by atoms with van der Waals surface area (Å²) < 4.78 is 0. The molecule has 1 atom stereocenters. The molecule has 106 valence electrons. The van der Waals surface area contributed by atoms with E-state index in [1.54, 1.807) is 0 Å². The van der Waals surface area contributed by atoms with Gasteiger partial charge in [-0.2, -0.15) is 0 Å². The Labute approximate surface area is 124 Å². The van der Waals surface area contributed by atoms with Crippen molar-refractivity contribution in [3.63, 3.8) is 0 Å². The van der Waals surface area contributed by atoms with E-state index >= 15 is 0 Å². The Morgan fingerprint density at radius 2 is 2.00 bits per heavy atom. The molecule has 1 aromatic rings. The molecule has 2 N–H and O–H groups in total. The Morgan fingerprint density at radius 1 is 1.25 bits per heavy atom. The molecule has 0 bridgehead atoms. The average molecular weight is 291 g/mol. The van der Waals surface area contributed by atoms with E-state index in [4.69, 9.17) is 11.6 Å². The predicted molar refractivity (Wildman–Crippen MR) is 83.2 cm³/mol. The lowest BCUT2D eigenvalue weighted by molar-refractivity contribution is -0.118. The van der Waals surface area contributed by atoms with E-state index in [1.807, 2.05) is 25.1 Å². The summed E-state index contributed by atoms with van der Waals surface area (Å²) in [5.74, 6) is 0.239. The van der Waals surface area contributed by atoms with Crippen LogP contribution in [-0.2, 0) is 4.79 Å².